The first-order valence-corrected chi connectivity index (χ1v) is 7.57. The van der Waals surface area contributed by atoms with Crippen LogP contribution in [0.1, 0.15) is 26.7 Å². The second-order valence-electron chi connectivity index (χ2n) is 6.59. The Hall–Kier alpha value is -1.42. The number of benzene rings is 1. The van der Waals surface area contributed by atoms with Crippen molar-refractivity contribution in [2.24, 2.45) is 5.92 Å². The highest BCUT2D eigenvalue weighted by molar-refractivity contribution is 5.58. The minimum atomic E-state index is 0.253. The van der Waals surface area contributed by atoms with Gasteiger partial charge in [0.25, 0.3) is 0 Å². The molecule has 108 valence electrons. The summed E-state index contributed by atoms with van der Waals surface area (Å²) in [5, 5.41) is 3.76. The van der Waals surface area contributed by atoms with Gasteiger partial charge in [0, 0.05) is 36.4 Å². The van der Waals surface area contributed by atoms with Gasteiger partial charge in [-0.15, -0.1) is 0 Å². The molecule has 2 unspecified atom stereocenters. The summed E-state index contributed by atoms with van der Waals surface area (Å²) in [5.74, 6) is 2.58. The number of anilines is 1. The molecule has 2 atom stereocenters. The fraction of sp³-hybridized carbons (Fsp3) is 0.625. The Morgan fingerprint density at radius 2 is 2.05 bits per heavy atom. The maximum atomic E-state index is 5.51. The average molecular weight is 274 g/mol. The molecular formula is C16H22N2O2. The highest BCUT2D eigenvalue weighted by atomic mass is 16.7. The molecule has 0 spiro atoms. The molecule has 20 heavy (non-hydrogen) atoms. The molecular weight excluding hydrogens is 252 g/mol. The van der Waals surface area contributed by atoms with E-state index in [4.69, 9.17) is 9.47 Å². The van der Waals surface area contributed by atoms with Gasteiger partial charge in [0.05, 0.1) is 0 Å². The number of ether oxygens (including phenoxy) is 2. The molecule has 0 bridgehead atoms. The van der Waals surface area contributed by atoms with Gasteiger partial charge in [-0.05, 0) is 44.7 Å². The van der Waals surface area contributed by atoms with Crippen LogP contribution in [0.4, 0.5) is 5.69 Å². The molecule has 3 aliphatic rings. The summed E-state index contributed by atoms with van der Waals surface area (Å²) in [7, 11) is 0. The summed E-state index contributed by atoms with van der Waals surface area (Å²) in [6, 6.07) is 6.81. The molecule has 2 heterocycles. The second kappa shape index (κ2) is 4.29. The van der Waals surface area contributed by atoms with Gasteiger partial charge in [0.15, 0.2) is 11.5 Å². The van der Waals surface area contributed by atoms with E-state index in [2.05, 4.69) is 36.2 Å². The minimum Gasteiger partial charge on any atom is -0.454 e. The molecule has 2 aliphatic heterocycles. The third-order valence-corrected chi connectivity index (χ3v) is 5.00. The number of piperazine rings is 1. The van der Waals surface area contributed by atoms with Gasteiger partial charge in [0.2, 0.25) is 6.79 Å². The number of hydrogen-bond donors (Lipinski definition) is 1. The summed E-state index contributed by atoms with van der Waals surface area (Å²) >= 11 is 0. The molecule has 0 amide bonds. The third kappa shape index (κ3) is 1.94. The van der Waals surface area contributed by atoms with Crippen molar-refractivity contribution in [1.82, 2.24) is 5.32 Å². The Bertz CT molecular complexity index is 529. The smallest absolute Gasteiger partial charge is 0.231 e. The molecule has 4 rings (SSSR count). The maximum absolute atomic E-state index is 5.51. The number of nitrogens with one attached hydrogen (secondary N) is 1. The zero-order chi connectivity index (χ0) is 13.7. The van der Waals surface area contributed by atoms with Gasteiger partial charge in [-0.25, -0.2) is 0 Å². The number of nitrogens with zero attached hydrogens (tertiary/aromatic N) is 1. The number of hydrogen-bond acceptors (Lipinski definition) is 4. The molecule has 1 saturated heterocycles. The lowest BCUT2D eigenvalue weighted by molar-refractivity contribution is 0.174. The van der Waals surface area contributed by atoms with Crippen molar-refractivity contribution in [2.75, 3.05) is 24.8 Å². The van der Waals surface area contributed by atoms with Gasteiger partial charge in [-0.1, -0.05) is 0 Å². The fourth-order valence-electron chi connectivity index (χ4n) is 3.46. The van der Waals surface area contributed by atoms with Crippen LogP contribution in [0.3, 0.4) is 0 Å². The lowest BCUT2D eigenvalue weighted by atomic mass is 9.91. The van der Waals surface area contributed by atoms with E-state index in [9.17, 15) is 0 Å². The Morgan fingerprint density at radius 1 is 1.25 bits per heavy atom. The van der Waals surface area contributed by atoms with Gasteiger partial charge in [-0.3, -0.25) is 0 Å². The molecule has 4 nitrogen and oxygen atoms in total. The zero-order valence-electron chi connectivity index (χ0n) is 12.2. The van der Waals surface area contributed by atoms with E-state index in [1.165, 1.54) is 18.5 Å². The first-order chi connectivity index (χ1) is 9.66. The van der Waals surface area contributed by atoms with Gasteiger partial charge in [0.1, 0.15) is 0 Å². The van der Waals surface area contributed by atoms with Crippen molar-refractivity contribution in [1.29, 1.82) is 0 Å². The summed E-state index contributed by atoms with van der Waals surface area (Å²) in [5.41, 5.74) is 1.50. The van der Waals surface area contributed by atoms with Crippen LogP contribution in [-0.4, -0.2) is 31.5 Å². The molecule has 0 radical (unpaired) electrons. The topological polar surface area (TPSA) is 33.7 Å². The van der Waals surface area contributed by atoms with E-state index in [0.717, 1.165) is 30.5 Å². The van der Waals surface area contributed by atoms with E-state index in [0.29, 0.717) is 12.8 Å². The van der Waals surface area contributed by atoms with Crippen LogP contribution in [0.25, 0.3) is 0 Å². The lowest BCUT2D eigenvalue weighted by Crippen LogP contribution is -2.63. The first kappa shape index (κ1) is 12.3. The first-order valence-electron chi connectivity index (χ1n) is 7.57. The molecule has 1 aromatic rings. The summed E-state index contributed by atoms with van der Waals surface area (Å²) in [6.07, 6.45) is 2.74. The van der Waals surface area contributed by atoms with Crippen molar-refractivity contribution in [2.45, 2.75) is 38.3 Å². The molecule has 1 aromatic carbocycles. The molecule has 0 aromatic heterocycles. The van der Waals surface area contributed by atoms with Crippen LogP contribution in [0.2, 0.25) is 0 Å². The maximum Gasteiger partial charge on any atom is 0.231 e. The quantitative estimate of drug-likeness (QED) is 0.898. The second-order valence-corrected chi connectivity index (χ2v) is 6.59. The lowest BCUT2D eigenvalue weighted by Gasteiger charge is -2.47. The van der Waals surface area contributed by atoms with E-state index in [1.807, 2.05) is 6.07 Å². The average Bonchev–Trinajstić information content (AvgIpc) is 3.21. The van der Waals surface area contributed by atoms with Crippen LogP contribution >= 0.6 is 0 Å². The van der Waals surface area contributed by atoms with Crippen LogP contribution in [0.15, 0.2) is 18.2 Å². The van der Waals surface area contributed by atoms with Crippen molar-refractivity contribution >= 4 is 5.69 Å². The van der Waals surface area contributed by atoms with Crippen LogP contribution in [0, 0.1) is 5.92 Å². The predicted octanol–water partition coefficient (Wildman–Crippen LogP) is 2.38. The zero-order valence-corrected chi connectivity index (χ0v) is 12.2. The summed E-state index contributed by atoms with van der Waals surface area (Å²) in [4.78, 5) is 2.51. The largest absolute Gasteiger partial charge is 0.454 e. The van der Waals surface area contributed by atoms with Crippen LogP contribution in [0.5, 0.6) is 11.5 Å². The van der Waals surface area contributed by atoms with Crippen LogP contribution in [-0.2, 0) is 0 Å². The van der Waals surface area contributed by atoms with Gasteiger partial charge < -0.3 is 19.7 Å². The molecule has 1 aliphatic carbocycles. The Balaban J connectivity index is 1.62. The Morgan fingerprint density at radius 3 is 2.85 bits per heavy atom. The number of fused-ring (bicyclic) bond motifs is 1. The van der Waals surface area contributed by atoms with Gasteiger partial charge >= 0.3 is 0 Å². The molecule has 1 saturated carbocycles. The molecule has 1 N–H and O–H groups in total. The normalized spacial score (nSPS) is 32.5. The Kier molecular flexibility index (Phi) is 2.64. The van der Waals surface area contributed by atoms with Crippen molar-refractivity contribution in [3.8, 4) is 11.5 Å². The minimum absolute atomic E-state index is 0.253. The fourth-order valence-corrected chi connectivity index (χ4v) is 3.46. The summed E-state index contributed by atoms with van der Waals surface area (Å²) in [6.45, 7) is 7.11. The highest BCUT2D eigenvalue weighted by Crippen LogP contribution is 2.43. The van der Waals surface area contributed by atoms with Crippen molar-refractivity contribution < 1.29 is 9.47 Å². The summed E-state index contributed by atoms with van der Waals surface area (Å²) < 4.78 is 10.9. The third-order valence-electron chi connectivity index (χ3n) is 5.00. The van der Waals surface area contributed by atoms with E-state index >= 15 is 0 Å². The number of rotatable bonds is 2. The highest BCUT2D eigenvalue weighted by Gasteiger charge is 2.45. The molecule has 2 fully saturated rings. The Labute approximate surface area is 120 Å². The van der Waals surface area contributed by atoms with Gasteiger partial charge in [-0.2, -0.15) is 0 Å². The molecule has 4 heteroatoms. The monoisotopic (exact) mass is 274 g/mol. The SMILES string of the molecule is CC1CNC(C)(C2CC2)CN1c1ccc2c(c1)OCO2. The predicted molar refractivity (Wildman–Crippen MR) is 78.5 cm³/mol. The van der Waals surface area contributed by atoms with Crippen molar-refractivity contribution in [3.05, 3.63) is 18.2 Å². The van der Waals surface area contributed by atoms with E-state index in [1.54, 1.807) is 0 Å². The van der Waals surface area contributed by atoms with E-state index < -0.39 is 0 Å². The standard InChI is InChI=1S/C16H22N2O2/c1-11-8-17-16(2,12-3-4-12)9-18(11)13-5-6-14-15(7-13)20-10-19-14/h5-7,11-12,17H,3-4,8-10H2,1-2H3. The van der Waals surface area contributed by atoms with Crippen molar-refractivity contribution in [3.63, 3.8) is 0 Å². The van der Waals surface area contributed by atoms with E-state index in [-0.39, 0.29) is 5.54 Å². The van der Waals surface area contributed by atoms with Crippen LogP contribution < -0.4 is 19.7 Å².